The van der Waals surface area contributed by atoms with Gasteiger partial charge in [0.2, 0.25) is 0 Å². The molecule has 0 radical (unpaired) electrons. The van der Waals surface area contributed by atoms with Gasteiger partial charge < -0.3 is 4.74 Å². The van der Waals surface area contributed by atoms with E-state index in [-0.39, 0.29) is 12.7 Å². The van der Waals surface area contributed by atoms with Crippen molar-refractivity contribution in [2.45, 2.75) is 39.3 Å². The van der Waals surface area contributed by atoms with Crippen molar-refractivity contribution in [2.24, 2.45) is 0 Å². The molecule has 0 aromatic rings. The van der Waals surface area contributed by atoms with Crippen molar-refractivity contribution in [2.75, 3.05) is 6.61 Å². The van der Waals surface area contributed by atoms with Crippen LogP contribution in [0.4, 0.5) is 13.2 Å². The topological polar surface area (TPSA) is 26.3 Å². The third-order valence-electron chi connectivity index (χ3n) is 1.68. The lowest BCUT2D eigenvalue weighted by atomic mass is 10.2. The minimum absolute atomic E-state index is 0.0465. The highest BCUT2D eigenvalue weighted by Crippen LogP contribution is 2.18. The molecule has 0 aromatic heterocycles. The summed E-state index contributed by atoms with van der Waals surface area (Å²) >= 11 is 0. The monoisotopic (exact) mass is 224 g/mol. The van der Waals surface area contributed by atoms with E-state index in [0.29, 0.717) is 6.42 Å². The molecule has 0 N–H and O–H groups in total. The van der Waals surface area contributed by atoms with Crippen LogP contribution < -0.4 is 0 Å². The average molecular weight is 224 g/mol. The van der Waals surface area contributed by atoms with Gasteiger partial charge in [-0.1, -0.05) is 19.8 Å². The number of unbranched alkanes of at least 4 members (excludes halogenated alkanes) is 2. The van der Waals surface area contributed by atoms with Crippen LogP contribution in [0.1, 0.15) is 33.1 Å². The zero-order valence-corrected chi connectivity index (χ0v) is 8.86. The SMILES string of the molecule is CCCCCOC(=O)C(C)=CC(F)(F)F. The molecule has 0 saturated carbocycles. The molecule has 0 saturated heterocycles. The summed E-state index contributed by atoms with van der Waals surface area (Å²) in [6.45, 7) is 3.25. The van der Waals surface area contributed by atoms with Gasteiger partial charge in [-0.25, -0.2) is 4.79 Å². The molecule has 0 aliphatic carbocycles. The summed E-state index contributed by atoms with van der Waals surface area (Å²) in [4.78, 5) is 11.0. The summed E-state index contributed by atoms with van der Waals surface area (Å²) in [6, 6.07) is 0. The summed E-state index contributed by atoms with van der Waals surface area (Å²) < 4.78 is 40.1. The molecule has 0 rings (SSSR count). The lowest BCUT2D eigenvalue weighted by Gasteiger charge is -2.05. The Morgan fingerprint density at radius 1 is 1.33 bits per heavy atom. The highest BCUT2D eigenvalue weighted by atomic mass is 19.4. The number of esters is 1. The van der Waals surface area contributed by atoms with Crippen LogP contribution in [0.25, 0.3) is 0 Å². The predicted molar refractivity (Wildman–Crippen MR) is 50.3 cm³/mol. The number of carbonyl (C=O) groups excluding carboxylic acids is 1. The Kier molecular flexibility index (Phi) is 6.05. The third kappa shape index (κ3) is 8.03. The van der Waals surface area contributed by atoms with Crippen molar-refractivity contribution >= 4 is 5.97 Å². The lowest BCUT2D eigenvalue weighted by Crippen LogP contribution is -2.11. The minimum Gasteiger partial charge on any atom is -0.462 e. The van der Waals surface area contributed by atoms with E-state index in [1.807, 2.05) is 6.92 Å². The number of carbonyl (C=O) groups is 1. The van der Waals surface area contributed by atoms with Gasteiger partial charge in [0.1, 0.15) is 0 Å². The Bertz CT molecular complexity index is 231. The Labute approximate surface area is 87.1 Å². The second kappa shape index (κ2) is 6.48. The van der Waals surface area contributed by atoms with Gasteiger partial charge >= 0.3 is 12.1 Å². The van der Waals surface area contributed by atoms with Gasteiger partial charge in [-0.3, -0.25) is 0 Å². The number of rotatable bonds is 5. The van der Waals surface area contributed by atoms with Gasteiger partial charge in [0.05, 0.1) is 6.61 Å². The van der Waals surface area contributed by atoms with Crippen LogP contribution in [0.15, 0.2) is 11.6 Å². The van der Waals surface area contributed by atoms with E-state index in [0.717, 1.165) is 19.8 Å². The van der Waals surface area contributed by atoms with E-state index in [2.05, 4.69) is 4.74 Å². The maximum atomic E-state index is 11.8. The number of halogens is 3. The molecular formula is C10H15F3O2. The second-order valence-corrected chi connectivity index (χ2v) is 3.21. The first kappa shape index (κ1) is 14.0. The molecule has 0 bridgehead atoms. The Morgan fingerprint density at radius 3 is 2.40 bits per heavy atom. The molecule has 0 unspecified atom stereocenters. The van der Waals surface area contributed by atoms with Crippen molar-refractivity contribution in [1.82, 2.24) is 0 Å². The standard InChI is InChI=1S/C10H15F3O2/c1-3-4-5-6-15-9(14)8(2)7-10(11,12)13/h7H,3-6H2,1-2H3. The molecule has 0 aromatic carbocycles. The fraction of sp³-hybridized carbons (Fsp3) is 0.700. The molecule has 2 nitrogen and oxygen atoms in total. The molecule has 5 heteroatoms. The van der Waals surface area contributed by atoms with Gasteiger partial charge in [0, 0.05) is 11.6 Å². The molecule has 0 atom stereocenters. The molecule has 0 aliphatic rings. The number of hydrogen-bond acceptors (Lipinski definition) is 2. The van der Waals surface area contributed by atoms with Crippen molar-refractivity contribution < 1.29 is 22.7 Å². The summed E-state index contributed by atoms with van der Waals surface area (Å²) in [6.07, 6.45) is -1.96. The molecule has 0 amide bonds. The Hall–Kier alpha value is -1.00. The predicted octanol–water partition coefficient (Wildman–Crippen LogP) is 3.23. The lowest BCUT2D eigenvalue weighted by molar-refractivity contribution is -0.139. The highest BCUT2D eigenvalue weighted by molar-refractivity contribution is 5.87. The van der Waals surface area contributed by atoms with Gasteiger partial charge in [-0.05, 0) is 13.3 Å². The summed E-state index contributed by atoms with van der Waals surface area (Å²) in [7, 11) is 0. The molecule has 0 fully saturated rings. The molecule has 0 spiro atoms. The van der Waals surface area contributed by atoms with E-state index >= 15 is 0 Å². The van der Waals surface area contributed by atoms with Gasteiger partial charge in [0.15, 0.2) is 0 Å². The fourth-order valence-corrected chi connectivity index (χ4v) is 0.935. The quantitative estimate of drug-likeness (QED) is 0.407. The van der Waals surface area contributed by atoms with E-state index in [1.54, 1.807) is 0 Å². The fourth-order valence-electron chi connectivity index (χ4n) is 0.935. The maximum Gasteiger partial charge on any atom is 0.410 e. The largest absolute Gasteiger partial charge is 0.462 e. The van der Waals surface area contributed by atoms with Crippen LogP contribution in [0.5, 0.6) is 0 Å². The van der Waals surface area contributed by atoms with Crippen molar-refractivity contribution in [1.29, 1.82) is 0 Å². The molecule has 0 aliphatic heterocycles. The van der Waals surface area contributed by atoms with Crippen molar-refractivity contribution in [3.8, 4) is 0 Å². The van der Waals surface area contributed by atoms with Gasteiger partial charge in [-0.2, -0.15) is 13.2 Å². The van der Waals surface area contributed by atoms with Crippen molar-refractivity contribution in [3.63, 3.8) is 0 Å². The number of hydrogen-bond donors (Lipinski definition) is 0. The second-order valence-electron chi connectivity index (χ2n) is 3.21. The first-order valence-electron chi connectivity index (χ1n) is 4.80. The van der Waals surface area contributed by atoms with Crippen molar-refractivity contribution in [3.05, 3.63) is 11.6 Å². The van der Waals surface area contributed by atoms with Gasteiger partial charge in [0.25, 0.3) is 0 Å². The first-order valence-corrected chi connectivity index (χ1v) is 4.80. The van der Waals surface area contributed by atoms with E-state index in [9.17, 15) is 18.0 Å². The van der Waals surface area contributed by atoms with Crippen LogP contribution >= 0.6 is 0 Å². The van der Waals surface area contributed by atoms with E-state index < -0.39 is 17.7 Å². The van der Waals surface area contributed by atoms with Gasteiger partial charge in [-0.15, -0.1) is 0 Å². The van der Waals surface area contributed by atoms with Crippen LogP contribution in [0.3, 0.4) is 0 Å². The molecule has 88 valence electrons. The zero-order chi connectivity index (χ0) is 11.9. The van der Waals surface area contributed by atoms with E-state index in [4.69, 9.17) is 0 Å². The normalized spacial score (nSPS) is 12.7. The summed E-state index contributed by atoms with van der Waals surface area (Å²) in [5.41, 5.74) is -0.418. The van der Waals surface area contributed by atoms with Crippen LogP contribution in [0.2, 0.25) is 0 Å². The molecule has 0 heterocycles. The van der Waals surface area contributed by atoms with Crippen LogP contribution in [-0.4, -0.2) is 18.8 Å². The molecular weight excluding hydrogens is 209 g/mol. The summed E-state index contributed by atoms with van der Waals surface area (Å²) in [5.74, 6) is -0.900. The average Bonchev–Trinajstić information content (AvgIpc) is 2.09. The molecule has 15 heavy (non-hydrogen) atoms. The third-order valence-corrected chi connectivity index (χ3v) is 1.68. The van der Waals surface area contributed by atoms with Crippen LogP contribution in [0, 0.1) is 0 Å². The highest BCUT2D eigenvalue weighted by Gasteiger charge is 2.25. The Morgan fingerprint density at radius 2 is 1.93 bits per heavy atom. The number of allylic oxidation sites excluding steroid dienone is 1. The first-order chi connectivity index (χ1) is 6.87. The minimum atomic E-state index is -4.47. The van der Waals surface area contributed by atoms with Crippen LogP contribution in [-0.2, 0) is 9.53 Å². The number of alkyl halides is 3. The number of ether oxygens (including phenoxy) is 1. The Balaban J connectivity index is 3.95. The zero-order valence-electron chi connectivity index (χ0n) is 8.86. The smallest absolute Gasteiger partial charge is 0.410 e. The maximum absolute atomic E-state index is 11.8. The van der Waals surface area contributed by atoms with E-state index in [1.165, 1.54) is 0 Å². The summed E-state index contributed by atoms with van der Waals surface area (Å²) in [5, 5.41) is 0.